The third-order valence-corrected chi connectivity index (χ3v) is 3.16. The number of aldehydes is 1. The highest BCUT2D eigenvalue weighted by atomic mass is 16.5. The van der Waals surface area contributed by atoms with Gasteiger partial charge in [-0.15, -0.1) is 0 Å². The molecule has 2 rings (SSSR count). The minimum Gasteiger partial charge on any atom is -0.491 e. The lowest BCUT2D eigenvalue weighted by molar-refractivity contribution is 0.102. The zero-order chi connectivity index (χ0) is 15.9. The maximum Gasteiger partial charge on any atom is 0.255 e. The van der Waals surface area contributed by atoms with Gasteiger partial charge in [-0.2, -0.15) is 0 Å². The van der Waals surface area contributed by atoms with Gasteiger partial charge in [-0.05, 0) is 43.7 Å². The summed E-state index contributed by atoms with van der Waals surface area (Å²) in [6, 6.07) is 12.3. The number of anilines is 1. The van der Waals surface area contributed by atoms with Gasteiger partial charge in [-0.3, -0.25) is 9.59 Å². The molecule has 0 saturated heterocycles. The lowest BCUT2D eigenvalue weighted by Gasteiger charge is -2.13. The topological polar surface area (TPSA) is 55.4 Å². The van der Waals surface area contributed by atoms with Crippen LogP contribution < -0.4 is 10.1 Å². The first kappa shape index (κ1) is 15.8. The molecule has 0 bridgehead atoms. The summed E-state index contributed by atoms with van der Waals surface area (Å²) in [5, 5.41) is 2.81. The van der Waals surface area contributed by atoms with Crippen molar-refractivity contribution in [3.05, 3.63) is 59.2 Å². The molecule has 1 amide bonds. The molecule has 4 heteroatoms. The highest BCUT2D eigenvalue weighted by molar-refractivity contribution is 6.05. The van der Waals surface area contributed by atoms with Gasteiger partial charge >= 0.3 is 0 Å². The summed E-state index contributed by atoms with van der Waals surface area (Å²) >= 11 is 0. The van der Waals surface area contributed by atoms with E-state index in [1.54, 1.807) is 30.3 Å². The molecule has 2 aromatic carbocycles. The van der Waals surface area contributed by atoms with Crippen LogP contribution in [0, 0.1) is 6.92 Å². The Bertz CT molecular complexity index is 663. The van der Waals surface area contributed by atoms with E-state index in [9.17, 15) is 9.59 Å². The second-order valence-electron chi connectivity index (χ2n) is 5.04. The molecule has 0 unspecified atom stereocenters. The number of hydrogen-bond acceptors (Lipinski definition) is 3. The van der Waals surface area contributed by atoms with Crippen molar-refractivity contribution in [2.75, 3.05) is 11.9 Å². The minimum absolute atomic E-state index is 0.232. The smallest absolute Gasteiger partial charge is 0.255 e. The van der Waals surface area contributed by atoms with E-state index in [1.807, 2.05) is 26.0 Å². The van der Waals surface area contributed by atoms with E-state index in [0.29, 0.717) is 29.2 Å². The Hall–Kier alpha value is -2.62. The molecule has 0 saturated carbocycles. The molecule has 0 spiro atoms. The van der Waals surface area contributed by atoms with Gasteiger partial charge in [0.05, 0.1) is 12.3 Å². The maximum atomic E-state index is 12.3. The SMILES string of the molecule is CCCOc1ccc(C=O)cc1NC(=O)c1ccc(C)cc1. The Morgan fingerprint density at radius 1 is 1.18 bits per heavy atom. The fourth-order valence-corrected chi connectivity index (χ4v) is 1.96. The van der Waals surface area contributed by atoms with Crippen molar-refractivity contribution >= 4 is 17.9 Å². The Morgan fingerprint density at radius 3 is 2.55 bits per heavy atom. The van der Waals surface area contributed by atoms with Crippen molar-refractivity contribution in [3.8, 4) is 5.75 Å². The van der Waals surface area contributed by atoms with Crippen LogP contribution in [0.1, 0.15) is 39.6 Å². The van der Waals surface area contributed by atoms with Crippen LogP contribution in [0.5, 0.6) is 5.75 Å². The van der Waals surface area contributed by atoms with E-state index in [2.05, 4.69) is 5.32 Å². The van der Waals surface area contributed by atoms with Crippen molar-refractivity contribution in [1.29, 1.82) is 0 Å². The van der Waals surface area contributed by atoms with Crippen molar-refractivity contribution in [3.63, 3.8) is 0 Å². The fourth-order valence-electron chi connectivity index (χ4n) is 1.96. The second kappa shape index (κ2) is 7.41. The van der Waals surface area contributed by atoms with E-state index >= 15 is 0 Å². The molecule has 0 heterocycles. The van der Waals surface area contributed by atoms with E-state index in [-0.39, 0.29) is 5.91 Å². The highest BCUT2D eigenvalue weighted by Crippen LogP contribution is 2.26. The predicted molar refractivity (Wildman–Crippen MR) is 86.7 cm³/mol. The van der Waals surface area contributed by atoms with Gasteiger partial charge in [0.1, 0.15) is 12.0 Å². The van der Waals surface area contributed by atoms with Gasteiger partial charge in [0.25, 0.3) is 5.91 Å². The molecular weight excluding hydrogens is 278 g/mol. The summed E-state index contributed by atoms with van der Waals surface area (Å²) in [4.78, 5) is 23.2. The highest BCUT2D eigenvalue weighted by Gasteiger charge is 2.11. The largest absolute Gasteiger partial charge is 0.491 e. The summed E-state index contributed by atoms with van der Waals surface area (Å²) in [5.41, 5.74) is 2.64. The lowest BCUT2D eigenvalue weighted by Crippen LogP contribution is -2.13. The van der Waals surface area contributed by atoms with Crippen LogP contribution in [0.25, 0.3) is 0 Å². The third-order valence-electron chi connectivity index (χ3n) is 3.16. The number of carbonyl (C=O) groups excluding carboxylic acids is 2. The number of benzene rings is 2. The van der Waals surface area contributed by atoms with Crippen LogP contribution in [0.15, 0.2) is 42.5 Å². The summed E-state index contributed by atoms with van der Waals surface area (Å²) in [5.74, 6) is 0.331. The molecule has 114 valence electrons. The molecule has 0 aromatic heterocycles. The molecule has 0 atom stereocenters. The molecule has 0 aliphatic carbocycles. The van der Waals surface area contributed by atoms with Gasteiger partial charge in [-0.1, -0.05) is 24.6 Å². The first-order chi connectivity index (χ1) is 10.6. The third kappa shape index (κ3) is 3.95. The van der Waals surface area contributed by atoms with E-state index in [4.69, 9.17) is 4.74 Å². The summed E-state index contributed by atoms with van der Waals surface area (Å²) < 4.78 is 5.61. The zero-order valence-electron chi connectivity index (χ0n) is 12.8. The molecule has 22 heavy (non-hydrogen) atoms. The quantitative estimate of drug-likeness (QED) is 0.824. The van der Waals surface area contributed by atoms with Crippen molar-refractivity contribution in [2.45, 2.75) is 20.3 Å². The molecule has 0 aliphatic rings. The minimum atomic E-state index is -0.232. The molecule has 4 nitrogen and oxygen atoms in total. The Labute approximate surface area is 130 Å². The Balaban J connectivity index is 2.23. The van der Waals surface area contributed by atoms with Crippen molar-refractivity contribution in [1.82, 2.24) is 0 Å². The van der Waals surface area contributed by atoms with Crippen LogP contribution in [0.2, 0.25) is 0 Å². The van der Waals surface area contributed by atoms with E-state index in [1.165, 1.54) is 0 Å². The Morgan fingerprint density at radius 2 is 1.91 bits per heavy atom. The number of amides is 1. The number of aryl methyl sites for hydroxylation is 1. The van der Waals surface area contributed by atoms with Crippen molar-refractivity contribution in [2.24, 2.45) is 0 Å². The van der Waals surface area contributed by atoms with Crippen LogP contribution in [0.4, 0.5) is 5.69 Å². The van der Waals surface area contributed by atoms with E-state index in [0.717, 1.165) is 18.3 Å². The molecule has 0 aliphatic heterocycles. The number of nitrogens with one attached hydrogen (secondary N) is 1. The van der Waals surface area contributed by atoms with Gasteiger partial charge < -0.3 is 10.1 Å². The number of rotatable bonds is 6. The first-order valence-corrected chi connectivity index (χ1v) is 7.24. The van der Waals surface area contributed by atoms with Crippen LogP contribution >= 0.6 is 0 Å². The predicted octanol–water partition coefficient (Wildman–Crippen LogP) is 3.85. The second-order valence-corrected chi connectivity index (χ2v) is 5.04. The normalized spacial score (nSPS) is 10.1. The lowest BCUT2D eigenvalue weighted by atomic mass is 10.1. The molecule has 2 aromatic rings. The fraction of sp³-hybridized carbons (Fsp3) is 0.222. The molecule has 0 radical (unpaired) electrons. The molecule has 0 fully saturated rings. The van der Waals surface area contributed by atoms with Gasteiger partial charge in [0, 0.05) is 11.1 Å². The summed E-state index contributed by atoms with van der Waals surface area (Å²) in [6.07, 6.45) is 1.60. The average Bonchev–Trinajstić information content (AvgIpc) is 2.54. The summed E-state index contributed by atoms with van der Waals surface area (Å²) in [6.45, 7) is 4.52. The molecular formula is C18H19NO3. The van der Waals surface area contributed by atoms with Crippen LogP contribution in [-0.4, -0.2) is 18.8 Å². The number of hydrogen-bond donors (Lipinski definition) is 1. The summed E-state index contributed by atoms with van der Waals surface area (Å²) in [7, 11) is 0. The number of ether oxygens (including phenoxy) is 1. The Kier molecular flexibility index (Phi) is 5.31. The standard InChI is InChI=1S/C18H19NO3/c1-3-10-22-17-9-6-14(12-20)11-16(17)19-18(21)15-7-4-13(2)5-8-15/h4-9,11-12H,3,10H2,1-2H3,(H,19,21). The van der Waals surface area contributed by atoms with Gasteiger partial charge in [-0.25, -0.2) is 0 Å². The van der Waals surface area contributed by atoms with E-state index < -0.39 is 0 Å². The maximum absolute atomic E-state index is 12.3. The van der Waals surface area contributed by atoms with Crippen LogP contribution in [-0.2, 0) is 0 Å². The number of carbonyl (C=O) groups is 2. The van der Waals surface area contributed by atoms with Crippen LogP contribution in [0.3, 0.4) is 0 Å². The van der Waals surface area contributed by atoms with Crippen molar-refractivity contribution < 1.29 is 14.3 Å². The van der Waals surface area contributed by atoms with Gasteiger partial charge in [0.2, 0.25) is 0 Å². The molecule has 1 N–H and O–H groups in total. The first-order valence-electron chi connectivity index (χ1n) is 7.24. The van der Waals surface area contributed by atoms with Gasteiger partial charge in [0.15, 0.2) is 0 Å². The zero-order valence-corrected chi connectivity index (χ0v) is 12.8. The average molecular weight is 297 g/mol. The monoisotopic (exact) mass is 297 g/mol.